The second kappa shape index (κ2) is 12.9. The number of nitrogens with one attached hydrogen (secondary N) is 2. The first-order chi connectivity index (χ1) is 19.0. The molecule has 8 nitrogen and oxygen atoms in total. The lowest BCUT2D eigenvalue weighted by Gasteiger charge is -2.33. The van der Waals surface area contributed by atoms with Crippen LogP contribution in [0.25, 0.3) is 0 Å². The van der Waals surface area contributed by atoms with Crippen molar-refractivity contribution in [2.45, 2.75) is 63.8 Å². The molecular formula is C29H38ClFN6O2. The Labute approximate surface area is 234 Å². The highest BCUT2D eigenvalue weighted by Gasteiger charge is 2.31. The second-order valence-electron chi connectivity index (χ2n) is 11.1. The molecule has 2 fully saturated rings. The lowest BCUT2D eigenvalue weighted by atomic mass is 9.84. The molecule has 0 bridgehead atoms. The van der Waals surface area contributed by atoms with E-state index in [0.717, 1.165) is 42.9 Å². The number of aromatic nitrogens is 2. The zero-order valence-electron chi connectivity index (χ0n) is 22.4. The van der Waals surface area contributed by atoms with E-state index >= 15 is 0 Å². The van der Waals surface area contributed by atoms with Crippen LogP contribution in [-0.2, 0) is 16.0 Å². The van der Waals surface area contributed by atoms with Crippen LogP contribution < -0.4 is 20.4 Å². The van der Waals surface area contributed by atoms with E-state index in [-0.39, 0.29) is 23.5 Å². The summed E-state index contributed by atoms with van der Waals surface area (Å²) in [6, 6.07) is 7.94. The molecular weight excluding hydrogens is 519 g/mol. The van der Waals surface area contributed by atoms with Gasteiger partial charge in [-0.15, -0.1) is 10.2 Å². The first-order valence-electron chi connectivity index (χ1n) is 14.3. The number of benzene rings is 1. The number of hydrogen-bond acceptors (Lipinski definition) is 6. The molecule has 210 valence electrons. The van der Waals surface area contributed by atoms with E-state index in [9.17, 15) is 14.0 Å². The Morgan fingerprint density at radius 3 is 2.56 bits per heavy atom. The largest absolute Gasteiger partial charge is 0.369 e. The van der Waals surface area contributed by atoms with Crippen LogP contribution in [0.5, 0.6) is 0 Å². The highest BCUT2D eigenvalue weighted by molar-refractivity contribution is 6.29. The molecule has 5 rings (SSSR count). The summed E-state index contributed by atoms with van der Waals surface area (Å²) in [4.78, 5) is 30.9. The molecule has 10 heteroatoms. The average molecular weight is 557 g/mol. The lowest BCUT2D eigenvalue weighted by molar-refractivity contribution is -0.132. The van der Waals surface area contributed by atoms with Gasteiger partial charge in [-0.3, -0.25) is 9.59 Å². The normalized spacial score (nSPS) is 19.0. The first-order valence-corrected chi connectivity index (χ1v) is 14.7. The van der Waals surface area contributed by atoms with Crippen molar-refractivity contribution in [2.24, 2.45) is 11.8 Å². The number of piperidine rings is 1. The van der Waals surface area contributed by atoms with E-state index in [1.54, 1.807) is 12.1 Å². The van der Waals surface area contributed by atoms with Crippen molar-refractivity contribution in [3.8, 4) is 0 Å². The maximum atomic E-state index is 13.6. The van der Waals surface area contributed by atoms with Gasteiger partial charge in [-0.1, -0.05) is 43.7 Å². The van der Waals surface area contributed by atoms with Crippen LogP contribution >= 0.6 is 11.6 Å². The fraction of sp³-hybridized carbons (Fsp3) is 0.586. The molecule has 3 heterocycles. The number of amides is 2. The maximum absolute atomic E-state index is 13.6. The van der Waals surface area contributed by atoms with Crippen LogP contribution in [0.2, 0.25) is 5.15 Å². The van der Waals surface area contributed by atoms with E-state index in [4.69, 9.17) is 11.6 Å². The molecule has 1 saturated heterocycles. The minimum Gasteiger partial charge on any atom is -0.369 e. The summed E-state index contributed by atoms with van der Waals surface area (Å²) in [5, 5.41) is 14.6. The number of fused-ring (bicyclic) bond motifs is 1. The van der Waals surface area contributed by atoms with Crippen LogP contribution in [0, 0.1) is 17.7 Å². The number of carbonyl (C=O) groups is 2. The fourth-order valence-corrected chi connectivity index (χ4v) is 6.33. The van der Waals surface area contributed by atoms with Gasteiger partial charge in [0.2, 0.25) is 11.8 Å². The monoisotopic (exact) mass is 556 g/mol. The van der Waals surface area contributed by atoms with E-state index in [1.807, 2.05) is 12.1 Å². The Balaban J connectivity index is 1.14. The Hall–Kier alpha value is -2.94. The predicted octanol–water partition coefficient (Wildman–Crippen LogP) is 4.12. The molecule has 1 aromatic carbocycles. The summed E-state index contributed by atoms with van der Waals surface area (Å²) >= 11 is 5.86. The van der Waals surface area contributed by atoms with Gasteiger partial charge >= 0.3 is 0 Å². The van der Waals surface area contributed by atoms with E-state index in [2.05, 4.69) is 30.6 Å². The van der Waals surface area contributed by atoms with Crippen LogP contribution in [-0.4, -0.2) is 60.8 Å². The van der Waals surface area contributed by atoms with Crippen molar-refractivity contribution in [1.29, 1.82) is 0 Å². The van der Waals surface area contributed by atoms with Crippen molar-refractivity contribution < 1.29 is 14.0 Å². The van der Waals surface area contributed by atoms with Crippen molar-refractivity contribution in [1.82, 2.24) is 20.8 Å². The molecule has 2 aromatic rings. The third kappa shape index (κ3) is 7.18. The van der Waals surface area contributed by atoms with Crippen molar-refractivity contribution in [3.63, 3.8) is 0 Å². The summed E-state index contributed by atoms with van der Waals surface area (Å²) in [7, 11) is 0. The summed E-state index contributed by atoms with van der Waals surface area (Å²) in [6.45, 7) is 3.36. The number of carbonyl (C=O) groups excluding carboxylic acids is 2. The third-order valence-electron chi connectivity index (χ3n) is 8.45. The first kappa shape index (κ1) is 27.6. The number of anilines is 2. The van der Waals surface area contributed by atoms with E-state index < -0.39 is 6.04 Å². The Morgan fingerprint density at radius 2 is 1.82 bits per heavy atom. The van der Waals surface area contributed by atoms with E-state index in [0.29, 0.717) is 56.5 Å². The summed E-state index contributed by atoms with van der Waals surface area (Å²) in [5.74, 6) is 0.725. The summed E-state index contributed by atoms with van der Waals surface area (Å²) < 4.78 is 13.6. The Bertz CT molecular complexity index is 1140. The van der Waals surface area contributed by atoms with Gasteiger partial charge in [0.05, 0.1) is 0 Å². The van der Waals surface area contributed by atoms with Gasteiger partial charge < -0.3 is 20.4 Å². The molecule has 0 unspecified atom stereocenters. The van der Waals surface area contributed by atoms with Crippen molar-refractivity contribution in [3.05, 3.63) is 46.9 Å². The molecule has 1 saturated carbocycles. The Kier molecular flexibility index (Phi) is 9.17. The Morgan fingerprint density at radius 1 is 1.03 bits per heavy atom. The standard InChI is InChI=1S/C29H38ClFN6O2/c30-26-8-9-27(35-34-26)37-15-10-21(11-16-37)28(38)33-24(18-20-4-2-1-3-5-20)29(39)32-13-17-36-14-12-22-19-23(31)6-7-25(22)36/h6-9,19-21,24H,1-5,10-18H2,(H,32,39)(H,33,38)/t24-/m0/s1. The fourth-order valence-electron chi connectivity index (χ4n) is 6.23. The quantitative estimate of drug-likeness (QED) is 0.483. The highest BCUT2D eigenvalue weighted by atomic mass is 35.5. The average Bonchev–Trinajstić information content (AvgIpc) is 3.35. The molecule has 1 aliphatic carbocycles. The number of rotatable bonds is 9. The molecule has 1 atom stereocenters. The lowest BCUT2D eigenvalue weighted by Crippen LogP contribution is -2.51. The van der Waals surface area contributed by atoms with Gasteiger partial charge in [0.15, 0.2) is 11.0 Å². The summed E-state index contributed by atoms with van der Waals surface area (Å²) in [5.41, 5.74) is 2.05. The topological polar surface area (TPSA) is 90.5 Å². The molecule has 2 aliphatic heterocycles. The number of halogens is 2. The minimum absolute atomic E-state index is 0.0386. The predicted molar refractivity (Wildman–Crippen MR) is 150 cm³/mol. The van der Waals surface area contributed by atoms with Gasteiger partial charge in [0.1, 0.15) is 11.9 Å². The van der Waals surface area contributed by atoms with Crippen molar-refractivity contribution in [2.75, 3.05) is 42.5 Å². The van der Waals surface area contributed by atoms with Crippen LogP contribution in [0.15, 0.2) is 30.3 Å². The van der Waals surface area contributed by atoms with Crippen LogP contribution in [0.3, 0.4) is 0 Å². The maximum Gasteiger partial charge on any atom is 0.242 e. The van der Waals surface area contributed by atoms with Gasteiger partial charge in [0.25, 0.3) is 0 Å². The molecule has 1 aromatic heterocycles. The molecule has 39 heavy (non-hydrogen) atoms. The molecule has 2 amide bonds. The van der Waals surface area contributed by atoms with Crippen LogP contribution in [0.1, 0.15) is 56.9 Å². The van der Waals surface area contributed by atoms with Gasteiger partial charge in [-0.05, 0) is 67.5 Å². The molecule has 0 spiro atoms. The van der Waals surface area contributed by atoms with Gasteiger partial charge in [-0.25, -0.2) is 4.39 Å². The highest BCUT2D eigenvalue weighted by Crippen LogP contribution is 2.29. The van der Waals surface area contributed by atoms with E-state index in [1.165, 1.54) is 25.3 Å². The SMILES string of the molecule is O=C(N[C@@H](CC1CCCCC1)C(=O)NCCN1CCc2cc(F)ccc21)C1CCN(c2ccc(Cl)nn2)CC1. The zero-order chi connectivity index (χ0) is 27.2. The zero-order valence-corrected chi connectivity index (χ0v) is 23.1. The molecule has 0 radical (unpaired) electrons. The van der Waals surface area contributed by atoms with Crippen LogP contribution in [0.4, 0.5) is 15.9 Å². The van der Waals surface area contributed by atoms with Gasteiger partial charge in [-0.2, -0.15) is 0 Å². The number of hydrogen-bond donors (Lipinski definition) is 2. The van der Waals surface area contributed by atoms with Gasteiger partial charge in [0, 0.05) is 44.3 Å². The molecule has 3 aliphatic rings. The molecule has 2 N–H and O–H groups in total. The van der Waals surface area contributed by atoms with Crippen molar-refractivity contribution >= 4 is 34.9 Å². The number of nitrogens with zero attached hydrogens (tertiary/aromatic N) is 4. The minimum atomic E-state index is -0.527. The second-order valence-corrected chi connectivity index (χ2v) is 11.5. The third-order valence-corrected chi connectivity index (χ3v) is 8.65. The smallest absolute Gasteiger partial charge is 0.242 e. The summed E-state index contributed by atoms with van der Waals surface area (Å²) in [6.07, 6.45) is 8.74.